The molecule has 0 aromatic carbocycles. The maximum Gasteiger partial charge on any atom is 0.410 e. The van der Waals surface area contributed by atoms with Gasteiger partial charge in [-0.3, -0.25) is 0 Å². The van der Waals surface area contributed by atoms with Crippen LogP contribution >= 0.6 is 0 Å². The number of piperidine rings is 1. The smallest absolute Gasteiger partial charge is 0.410 e. The summed E-state index contributed by atoms with van der Waals surface area (Å²) in [5.41, 5.74) is -0.424. The third-order valence-corrected chi connectivity index (χ3v) is 3.07. The van der Waals surface area contributed by atoms with Crippen LogP contribution in [-0.2, 0) is 4.74 Å². The molecule has 3 nitrogen and oxygen atoms in total. The Morgan fingerprint density at radius 1 is 1.47 bits per heavy atom. The first-order chi connectivity index (χ1) is 7.85. The van der Waals surface area contributed by atoms with E-state index in [4.69, 9.17) is 4.74 Å². The number of carbonyl (C=O) groups excluding carboxylic acids is 1. The molecule has 0 saturated carbocycles. The van der Waals surface area contributed by atoms with Crippen LogP contribution in [0.15, 0.2) is 12.7 Å². The molecule has 1 saturated heterocycles. The van der Waals surface area contributed by atoms with Crippen molar-refractivity contribution in [2.24, 2.45) is 0 Å². The molecule has 0 aromatic rings. The van der Waals surface area contributed by atoms with Crippen LogP contribution in [0.3, 0.4) is 0 Å². The predicted molar refractivity (Wildman–Crippen MR) is 70.0 cm³/mol. The third-order valence-electron chi connectivity index (χ3n) is 3.07. The molecule has 0 unspecified atom stereocenters. The molecular weight excluding hydrogens is 214 g/mol. The van der Waals surface area contributed by atoms with E-state index in [1.807, 2.05) is 31.7 Å². The molecule has 0 spiro atoms. The van der Waals surface area contributed by atoms with Crippen LogP contribution in [0.2, 0.25) is 0 Å². The van der Waals surface area contributed by atoms with Crippen LogP contribution in [0, 0.1) is 0 Å². The molecule has 98 valence electrons. The van der Waals surface area contributed by atoms with Gasteiger partial charge in [-0.05, 0) is 53.4 Å². The summed E-state index contributed by atoms with van der Waals surface area (Å²) in [6.07, 6.45) is 5.85. The highest BCUT2D eigenvalue weighted by molar-refractivity contribution is 5.69. The number of nitrogens with zero attached hydrogens (tertiary/aromatic N) is 1. The lowest BCUT2D eigenvalue weighted by molar-refractivity contribution is -0.00226. The number of amides is 1. The lowest BCUT2D eigenvalue weighted by Gasteiger charge is -2.40. The number of ether oxygens (including phenoxy) is 1. The van der Waals surface area contributed by atoms with E-state index in [-0.39, 0.29) is 18.2 Å². The summed E-state index contributed by atoms with van der Waals surface area (Å²) in [6, 6.07) is 0.523. The highest BCUT2D eigenvalue weighted by Gasteiger charge is 2.33. The minimum atomic E-state index is -0.424. The standard InChI is InChI=1S/C14H25NO2/c1-6-8-12-10-7-9-11(2)15(12)13(16)17-14(3,4)5/h6,11-12H,1,7-10H2,2-5H3/t11-,12-/m1/s1. The average Bonchev–Trinajstić information content (AvgIpc) is 2.15. The topological polar surface area (TPSA) is 29.5 Å². The van der Waals surface area contributed by atoms with Crippen LogP contribution in [-0.4, -0.2) is 28.7 Å². The average molecular weight is 239 g/mol. The van der Waals surface area contributed by atoms with E-state index in [1.54, 1.807) is 0 Å². The summed E-state index contributed by atoms with van der Waals surface area (Å²) in [5, 5.41) is 0. The monoisotopic (exact) mass is 239 g/mol. The van der Waals surface area contributed by atoms with Crippen LogP contribution in [0.5, 0.6) is 0 Å². The Hall–Kier alpha value is -0.990. The predicted octanol–water partition coefficient (Wildman–Crippen LogP) is 3.74. The quantitative estimate of drug-likeness (QED) is 0.687. The molecule has 1 fully saturated rings. The van der Waals surface area contributed by atoms with Gasteiger partial charge in [0.25, 0.3) is 0 Å². The Morgan fingerprint density at radius 3 is 2.65 bits per heavy atom. The molecule has 0 N–H and O–H groups in total. The van der Waals surface area contributed by atoms with Gasteiger partial charge >= 0.3 is 6.09 Å². The van der Waals surface area contributed by atoms with Crippen molar-refractivity contribution in [1.29, 1.82) is 0 Å². The first kappa shape index (κ1) is 14.1. The highest BCUT2D eigenvalue weighted by Crippen LogP contribution is 2.27. The maximum absolute atomic E-state index is 12.2. The van der Waals surface area contributed by atoms with E-state index in [2.05, 4.69) is 13.5 Å². The van der Waals surface area contributed by atoms with Crippen LogP contribution < -0.4 is 0 Å². The summed E-state index contributed by atoms with van der Waals surface area (Å²) in [4.78, 5) is 14.1. The van der Waals surface area contributed by atoms with Crippen molar-refractivity contribution in [2.75, 3.05) is 0 Å². The van der Waals surface area contributed by atoms with Crippen LogP contribution in [0.4, 0.5) is 4.79 Å². The maximum atomic E-state index is 12.2. The first-order valence-electron chi connectivity index (χ1n) is 6.47. The number of carbonyl (C=O) groups is 1. The normalized spacial score (nSPS) is 25.5. The molecule has 1 heterocycles. The van der Waals surface area contributed by atoms with Gasteiger partial charge < -0.3 is 9.64 Å². The van der Waals surface area contributed by atoms with E-state index >= 15 is 0 Å². The van der Waals surface area contributed by atoms with Gasteiger partial charge in [0.1, 0.15) is 5.60 Å². The summed E-state index contributed by atoms with van der Waals surface area (Å²) >= 11 is 0. The zero-order chi connectivity index (χ0) is 13.1. The second-order valence-electron chi connectivity index (χ2n) is 5.85. The van der Waals surface area contributed by atoms with Gasteiger partial charge in [-0.25, -0.2) is 4.79 Å². The molecule has 1 aliphatic heterocycles. The zero-order valence-corrected chi connectivity index (χ0v) is 11.5. The fourth-order valence-corrected chi connectivity index (χ4v) is 2.35. The van der Waals surface area contributed by atoms with E-state index < -0.39 is 5.60 Å². The Morgan fingerprint density at radius 2 is 2.12 bits per heavy atom. The van der Waals surface area contributed by atoms with Crippen molar-refractivity contribution in [3.05, 3.63) is 12.7 Å². The second kappa shape index (κ2) is 5.56. The van der Waals surface area contributed by atoms with Crippen molar-refractivity contribution in [3.63, 3.8) is 0 Å². The van der Waals surface area contributed by atoms with Crippen molar-refractivity contribution in [3.8, 4) is 0 Å². The number of likely N-dealkylation sites (tertiary alicyclic amines) is 1. The van der Waals surface area contributed by atoms with Crippen LogP contribution in [0.1, 0.15) is 53.4 Å². The van der Waals surface area contributed by atoms with E-state index in [0.717, 1.165) is 19.3 Å². The summed E-state index contributed by atoms with van der Waals surface area (Å²) in [5.74, 6) is 0. The van der Waals surface area contributed by atoms with Crippen molar-refractivity contribution < 1.29 is 9.53 Å². The Kier molecular flexibility index (Phi) is 4.61. The van der Waals surface area contributed by atoms with Gasteiger partial charge in [-0.15, -0.1) is 6.58 Å². The van der Waals surface area contributed by atoms with Crippen molar-refractivity contribution >= 4 is 6.09 Å². The van der Waals surface area contributed by atoms with Crippen molar-refractivity contribution in [2.45, 2.75) is 71.1 Å². The molecular formula is C14H25NO2. The summed E-state index contributed by atoms with van der Waals surface area (Å²) in [7, 11) is 0. The molecule has 2 atom stereocenters. The largest absolute Gasteiger partial charge is 0.444 e. The first-order valence-corrected chi connectivity index (χ1v) is 6.47. The Bertz CT molecular complexity index is 280. The molecule has 0 aromatic heterocycles. The fraction of sp³-hybridized carbons (Fsp3) is 0.786. The number of hydrogen-bond acceptors (Lipinski definition) is 2. The van der Waals surface area contributed by atoms with Gasteiger partial charge in [0.05, 0.1) is 0 Å². The fourth-order valence-electron chi connectivity index (χ4n) is 2.35. The minimum Gasteiger partial charge on any atom is -0.444 e. The summed E-state index contributed by atoms with van der Waals surface area (Å²) in [6.45, 7) is 11.6. The molecule has 0 radical (unpaired) electrons. The molecule has 1 rings (SSSR count). The number of rotatable bonds is 2. The highest BCUT2D eigenvalue weighted by atomic mass is 16.6. The molecule has 17 heavy (non-hydrogen) atoms. The Balaban J connectivity index is 2.74. The molecule has 1 aliphatic rings. The molecule has 0 aliphatic carbocycles. The number of hydrogen-bond donors (Lipinski definition) is 0. The minimum absolute atomic E-state index is 0.184. The van der Waals surface area contributed by atoms with Gasteiger partial charge in [-0.2, -0.15) is 0 Å². The third kappa shape index (κ3) is 4.06. The van der Waals surface area contributed by atoms with Gasteiger partial charge in [0.2, 0.25) is 0 Å². The van der Waals surface area contributed by atoms with Gasteiger partial charge in [0, 0.05) is 12.1 Å². The van der Waals surface area contributed by atoms with E-state index in [1.165, 1.54) is 6.42 Å². The molecule has 3 heteroatoms. The Labute approximate surface area is 105 Å². The van der Waals surface area contributed by atoms with Gasteiger partial charge in [0.15, 0.2) is 0 Å². The summed E-state index contributed by atoms with van der Waals surface area (Å²) < 4.78 is 5.48. The van der Waals surface area contributed by atoms with Crippen molar-refractivity contribution in [1.82, 2.24) is 4.90 Å². The van der Waals surface area contributed by atoms with E-state index in [9.17, 15) is 4.79 Å². The van der Waals surface area contributed by atoms with E-state index in [0.29, 0.717) is 0 Å². The van der Waals surface area contributed by atoms with Gasteiger partial charge in [-0.1, -0.05) is 6.08 Å². The SMILES string of the molecule is C=CC[C@@H]1CCC[C@@H](C)N1C(=O)OC(C)(C)C. The van der Waals surface area contributed by atoms with Crippen LogP contribution in [0.25, 0.3) is 0 Å². The lowest BCUT2D eigenvalue weighted by Crippen LogP contribution is -2.50. The lowest BCUT2D eigenvalue weighted by atomic mass is 9.95. The second-order valence-corrected chi connectivity index (χ2v) is 5.85. The molecule has 0 bridgehead atoms. The molecule has 1 amide bonds. The zero-order valence-electron chi connectivity index (χ0n) is 11.5.